The molecule has 0 radical (unpaired) electrons. The van der Waals surface area contributed by atoms with Gasteiger partial charge in [0.2, 0.25) is 0 Å². The standard InChI is InChI=1S/C11H9BrO/c1-8-10(12)7-11(13-8)9-5-3-2-4-6-9/h2-7H,1H3. The number of rotatable bonds is 1. The van der Waals surface area contributed by atoms with Crippen LogP contribution in [-0.2, 0) is 0 Å². The van der Waals surface area contributed by atoms with E-state index in [2.05, 4.69) is 15.9 Å². The molecule has 0 N–H and O–H groups in total. The first kappa shape index (κ1) is 8.57. The van der Waals surface area contributed by atoms with E-state index in [1.807, 2.05) is 43.3 Å². The molecule has 0 aliphatic carbocycles. The summed E-state index contributed by atoms with van der Waals surface area (Å²) in [6, 6.07) is 12.1. The molecule has 0 spiro atoms. The van der Waals surface area contributed by atoms with Crippen molar-refractivity contribution in [2.24, 2.45) is 0 Å². The first-order valence-electron chi connectivity index (χ1n) is 4.09. The third-order valence-corrected chi connectivity index (χ3v) is 2.70. The minimum Gasteiger partial charge on any atom is -0.460 e. The van der Waals surface area contributed by atoms with E-state index in [1.54, 1.807) is 0 Å². The van der Waals surface area contributed by atoms with Gasteiger partial charge in [-0.15, -0.1) is 0 Å². The molecule has 1 aromatic heterocycles. The van der Waals surface area contributed by atoms with Crippen molar-refractivity contribution in [1.82, 2.24) is 0 Å². The highest BCUT2D eigenvalue weighted by Crippen LogP contribution is 2.28. The highest BCUT2D eigenvalue weighted by atomic mass is 79.9. The Morgan fingerprint density at radius 1 is 1.15 bits per heavy atom. The third kappa shape index (κ3) is 1.68. The average Bonchev–Trinajstić information content (AvgIpc) is 2.49. The van der Waals surface area contributed by atoms with Crippen molar-refractivity contribution in [3.8, 4) is 11.3 Å². The van der Waals surface area contributed by atoms with E-state index < -0.39 is 0 Å². The molecule has 0 bridgehead atoms. The Morgan fingerprint density at radius 3 is 2.38 bits per heavy atom. The fourth-order valence-corrected chi connectivity index (χ4v) is 1.49. The van der Waals surface area contributed by atoms with Crippen molar-refractivity contribution in [3.05, 3.63) is 46.6 Å². The molecule has 0 aliphatic rings. The molecule has 0 amide bonds. The maximum Gasteiger partial charge on any atom is 0.135 e. The van der Waals surface area contributed by atoms with Gasteiger partial charge in [-0.2, -0.15) is 0 Å². The topological polar surface area (TPSA) is 13.1 Å². The van der Waals surface area contributed by atoms with Gasteiger partial charge in [0.25, 0.3) is 0 Å². The number of aryl methyl sites for hydroxylation is 1. The predicted octanol–water partition coefficient (Wildman–Crippen LogP) is 4.02. The van der Waals surface area contributed by atoms with Crippen LogP contribution in [0.3, 0.4) is 0 Å². The maximum atomic E-state index is 5.55. The van der Waals surface area contributed by atoms with Crippen LogP contribution in [0.4, 0.5) is 0 Å². The van der Waals surface area contributed by atoms with Crippen LogP contribution in [0.1, 0.15) is 5.76 Å². The first-order valence-corrected chi connectivity index (χ1v) is 4.88. The lowest BCUT2D eigenvalue weighted by Gasteiger charge is -1.93. The van der Waals surface area contributed by atoms with Crippen molar-refractivity contribution in [2.75, 3.05) is 0 Å². The van der Waals surface area contributed by atoms with Crippen LogP contribution in [-0.4, -0.2) is 0 Å². The molecule has 1 heterocycles. The molecule has 0 aliphatic heterocycles. The molecular weight excluding hydrogens is 228 g/mol. The molecular formula is C11H9BrO. The Morgan fingerprint density at radius 2 is 1.85 bits per heavy atom. The molecule has 2 heteroatoms. The zero-order valence-electron chi connectivity index (χ0n) is 7.25. The summed E-state index contributed by atoms with van der Waals surface area (Å²) in [5, 5.41) is 0. The van der Waals surface area contributed by atoms with E-state index in [9.17, 15) is 0 Å². The lowest BCUT2D eigenvalue weighted by Crippen LogP contribution is -1.69. The van der Waals surface area contributed by atoms with Crippen LogP contribution in [0.25, 0.3) is 11.3 Å². The largest absolute Gasteiger partial charge is 0.460 e. The minimum absolute atomic E-state index is 0.907. The van der Waals surface area contributed by atoms with Gasteiger partial charge in [-0.25, -0.2) is 0 Å². The van der Waals surface area contributed by atoms with E-state index in [0.29, 0.717) is 0 Å². The maximum absolute atomic E-state index is 5.55. The fraction of sp³-hybridized carbons (Fsp3) is 0.0909. The van der Waals surface area contributed by atoms with Crippen LogP contribution in [0.2, 0.25) is 0 Å². The zero-order valence-corrected chi connectivity index (χ0v) is 8.84. The van der Waals surface area contributed by atoms with E-state index in [4.69, 9.17) is 4.42 Å². The number of hydrogen-bond acceptors (Lipinski definition) is 1. The molecule has 1 aromatic carbocycles. The monoisotopic (exact) mass is 236 g/mol. The smallest absolute Gasteiger partial charge is 0.135 e. The molecule has 0 fully saturated rings. The Hall–Kier alpha value is -1.02. The second-order valence-corrected chi connectivity index (χ2v) is 3.74. The Balaban J connectivity index is 2.48. The summed E-state index contributed by atoms with van der Waals surface area (Å²) in [4.78, 5) is 0. The summed E-state index contributed by atoms with van der Waals surface area (Å²) in [7, 11) is 0. The van der Waals surface area contributed by atoms with Gasteiger partial charge in [-0.05, 0) is 28.9 Å². The minimum atomic E-state index is 0.907. The highest BCUT2D eigenvalue weighted by Gasteiger charge is 2.05. The van der Waals surface area contributed by atoms with Gasteiger partial charge in [0.15, 0.2) is 0 Å². The van der Waals surface area contributed by atoms with Crippen molar-refractivity contribution in [1.29, 1.82) is 0 Å². The second-order valence-electron chi connectivity index (χ2n) is 2.88. The molecule has 66 valence electrons. The van der Waals surface area contributed by atoms with Crippen LogP contribution >= 0.6 is 15.9 Å². The third-order valence-electron chi connectivity index (χ3n) is 1.92. The molecule has 2 rings (SSSR count). The van der Waals surface area contributed by atoms with Gasteiger partial charge >= 0.3 is 0 Å². The van der Waals surface area contributed by atoms with Crippen molar-refractivity contribution >= 4 is 15.9 Å². The Labute approximate surface area is 85.5 Å². The van der Waals surface area contributed by atoms with E-state index in [0.717, 1.165) is 21.6 Å². The van der Waals surface area contributed by atoms with Gasteiger partial charge in [0.05, 0.1) is 4.47 Å². The van der Waals surface area contributed by atoms with Gasteiger partial charge < -0.3 is 4.42 Å². The van der Waals surface area contributed by atoms with Crippen molar-refractivity contribution in [2.45, 2.75) is 6.92 Å². The van der Waals surface area contributed by atoms with Crippen LogP contribution in [0.5, 0.6) is 0 Å². The lowest BCUT2D eigenvalue weighted by atomic mass is 10.2. The second kappa shape index (κ2) is 3.38. The van der Waals surface area contributed by atoms with Crippen LogP contribution < -0.4 is 0 Å². The SMILES string of the molecule is Cc1oc(-c2ccccc2)cc1Br. The molecule has 0 saturated carbocycles. The molecule has 1 nitrogen and oxygen atoms in total. The summed E-state index contributed by atoms with van der Waals surface area (Å²) >= 11 is 3.42. The summed E-state index contributed by atoms with van der Waals surface area (Å²) in [5.41, 5.74) is 1.11. The normalized spacial score (nSPS) is 10.3. The Bertz CT molecular complexity index is 384. The van der Waals surface area contributed by atoms with Crippen LogP contribution in [0, 0.1) is 6.92 Å². The molecule has 0 saturated heterocycles. The summed E-state index contributed by atoms with van der Waals surface area (Å²) < 4.78 is 6.57. The van der Waals surface area contributed by atoms with E-state index >= 15 is 0 Å². The van der Waals surface area contributed by atoms with Gasteiger partial charge in [-0.3, -0.25) is 0 Å². The number of hydrogen-bond donors (Lipinski definition) is 0. The predicted molar refractivity (Wildman–Crippen MR) is 56.6 cm³/mol. The average molecular weight is 237 g/mol. The molecule has 0 unspecified atom stereocenters. The quantitative estimate of drug-likeness (QED) is 0.730. The summed E-state index contributed by atoms with van der Waals surface area (Å²) in [5.74, 6) is 1.82. The lowest BCUT2D eigenvalue weighted by molar-refractivity contribution is 0.546. The fourth-order valence-electron chi connectivity index (χ4n) is 1.20. The van der Waals surface area contributed by atoms with Gasteiger partial charge in [0, 0.05) is 5.56 Å². The van der Waals surface area contributed by atoms with Gasteiger partial charge in [-0.1, -0.05) is 30.3 Å². The number of furan rings is 1. The number of benzene rings is 1. The van der Waals surface area contributed by atoms with Gasteiger partial charge in [0.1, 0.15) is 11.5 Å². The van der Waals surface area contributed by atoms with E-state index in [1.165, 1.54) is 0 Å². The Kier molecular flexibility index (Phi) is 2.23. The molecule has 2 aromatic rings. The molecule has 0 atom stereocenters. The number of halogens is 1. The molecule has 13 heavy (non-hydrogen) atoms. The first-order chi connectivity index (χ1) is 6.27. The van der Waals surface area contributed by atoms with E-state index in [-0.39, 0.29) is 0 Å². The summed E-state index contributed by atoms with van der Waals surface area (Å²) in [6.07, 6.45) is 0. The zero-order chi connectivity index (χ0) is 9.26. The van der Waals surface area contributed by atoms with Crippen molar-refractivity contribution < 1.29 is 4.42 Å². The van der Waals surface area contributed by atoms with Crippen LogP contribution in [0.15, 0.2) is 45.3 Å². The van der Waals surface area contributed by atoms with Crippen molar-refractivity contribution in [3.63, 3.8) is 0 Å². The highest BCUT2D eigenvalue weighted by molar-refractivity contribution is 9.10. The summed E-state index contributed by atoms with van der Waals surface area (Å²) in [6.45, 7) is 1.94.